The molecule has 5 nitrogen and oxygen atoms in total. The van der Waals surface area contributed by atoms with E-state index in [-0.39, 0.29) is 24.3 Å². The Morgan fingerprint density at radius 3 is 2.50 bits per heavy atom. The lowest BCUT2D eigenvalue weighted by Gasteiger charge is -2.10. The second-order valence-electron chi connectivity index (χ2n) is 4.89. The van der Waals surface area contributed by atoms with E-state index in [2.05, 4.69) is 20.3 Å². The standard InChI is InChI=1S/C16H13Cl2N5.ClH/c1-9-8-14(18)22-16(20-9)23-15(19)21-13-7-6-12(17)10-4-2-3-5-11(10)13;/h2-8H,1H3,(H3,19,20,21,22,23);1H. The van der Waals surface area contributed by atoms with Gasteiger partial charge in [-0.2, -0.15) is 9.98 Å². The monoisotopic (exact) mass is 381 g/mol. The quantitative estimate of drug-likeness (QED) is 0.382. The summed E-state index contributed by atoms with van der Waals surface area (Å²) in [6.45, 7) is 1.81. The van der Waals surface area contributed by atoms with E-state index in [9.17, 15) is 0 Å². The summed E-state index contributed by atoms with van der Waals surface area (Å²) in [5, 5.41) is 5.92. The van der Waals surface area contributed by atoms with Crippen LogP contribution in [0.3, 0.4) is 0 Å². The summed E-state index contributed by atoms with van der Waals surface area (Å²) < 4.78 is 0. The van der Waals surface area contributed by atoms with E-state index < -0.39 is 0 Å². The van der Waals surface area contributed by atoms with Gasteiger partial charge >= 0.3 is 0 Å². The number of aryl methyl sites for hydroxylation is 1. The van der Waals surface area contributed by atoms with E-state index in [1.807, 2.05) is 37.3 Å². The van der Waals surface area contributed by atoms with E-state index in [0.29, 0.717) is 15.9 Å². The molecule has 0 aliphatic carbocycles. The molecule has 1 heterocycles. The van der Waals surface area contributed by atoms with Gasteiger partial charge in [0.1, 0.15) is 5.15 Å². The minimum atomic E-state index is 0. The fourth-order valence-electron chi connectivity index (χ4n) is 2.21. The van der Waals surface area contributed by atoms with E-state index in [1.54, 1.807) is 12.1 Å². The van der Waals surface area contributed by atoms with Crippen LogP contribution in [0, 0.1) is 6.92 Å². The van der Waals surface area contributed by atoms with E-state index in [4.69, 9.17) is 28.9 Å². The first-order valence-electron chi connectivity index (χ1n) is 6.82. The van der Waals surface area contributed by atoms with Gasteiger partial charge in [-0.05, 0) is 25.1 Å². The highest BCUT2D eigenvalue weighted by Gasteiger charge is 2.06. The van der Waals surface area contributed by atoms with E-state index in [0.717, 1.165) is 16.5 Å². The summed E-state index contributed by atoms with van der Waals surface area (Å²) in [6.07, 6.45) is 0. The van der Waals surface area contributed by atoms with Gasteiger partial charge < -0.3 is 11.1 Å². The van der Waals surface area contributed by atoms with Crippen molar-refractivity contribution in [1.82, 2.24) is 9.97 Å². The third kappa shape index (κ3) is 4.06. The molecule has 8 heteroatoms. The number of hydrogen-bond acceptors (Lipinski definition) is 3. The average Bonchev–Trinajstić information content (AvgIpc) is 2.49. The van der Waals surface area contributed by atoms with Gasteiger partial charge in [-0.15, -0.1) is 12.4 Å². The summed E-state index contributed by atoms with van der Waals surface area (Å²) in [5.41, 5.74) is 7.46. The maximum Gasteiger partial charge on any atom is 0.254 e. The zero-order chi connectivity index (χ0) is 16.4. The number of fused-ring (bicyclic) bond motifs is 1. The van der Waals surface area contributed by atoms with Crippen LogP contribution in [0.4, 0.5) is 11.6 Å². The number of nitrogens with zero attached hydrogens (tertiary/aromatic N) is 3. The Bertz CT molecular complexity index is 891. The Balaban J connectivity index is 0.00000208. The number of nitrogens with two attached hydrogens (primary N) is 1. The van der Waals surface area contributed by atoms with Gasteiger partial charge in [0.15, 0.2) is 0 Å². The van der Waals surface area contributed by atoms with Crippen molar-refractivity contribution in [2.45, 2.75) is 6.92 Å². The Hall–Kier alpha value is -2.08. The lowest BCUT2D eigenvalue weighted by atomic mass is 10.1. The summed E-state index contributed by atoms with van der Waals surface area (Å²) in [7, 11) is 0. The van der Waals surface area contributed by atoms with Crippen molar-refractivity contribution in [2.24, 2.45) is 10.7 Å². The zero-order valence-corrected chi connectivity index (χ0v) is 15.0. The number of aromatic nitrogens is 2. The summed E-state index contributed by atoms with van der Waals surface area (Å²) >= 11 is 12.1. The van der Waals surface area contributed by atoms with Crippen molar-refractivity contribution in [3.63, 3.8) is 0 Å². The number of benzene rings is 2. The van der Waals surface area contributed by atoms with Gasteiger partial charge in [0.25, 0.3) is 5.95 Å². The van der Waals surface area contributed by atoms with Crippen molar-refractivity contribution in [3.05, 3.63) is 58.3 Å². The lowest BCUT2D eigenvalue weighted by Crippen LogP contribution is -2.22. The molecule has 3 N–H and O–H groups in total. The third-order valence-electron chi connectivity index (χ3n) is 3.17. The molecule has 0 spiro atoms. The first kappa shape index (κ1) is 18.3. The number of nitrogens with one attached hydrogen (secondary N) is 1. The molecule has 0 saturated heterocycles. The second-order valence-corrected chi connectivity index (χ2v) is 5.69. The normalized spacial score (nSPS) is 11.2. The topological polar surface area (TPSA) is 76.2 Å². The molecule has 24 heavy (non-hydrogen) atoms. The molecule has 3 rings (SSSR count). The molecule has 0 aliphatic rings. The minimum absolute atomic E-state index is 0. The molecule has 0 radical (unpaired) electrons. The van der Waals surface area contributed by atoms with Crippen molar-refractivity contribution in [3.8, 4) is 0 Å². The number of rotatable bonds is 2. The molecule has 0 fully saturated rings. The van der Waals surface area contributed by atoms with Crippen LogP contribution in [0.1, 0.15) is 5.69 Å². The van der Waals surface area contributed by atoms with Gasteiger partial charge in [-0.25, -0.2) is 4.98 Å². The van der Waals surface area contributed by atoms with Gasteiger partial charge in [0.2, 0.25) is 5.96 Å². The molecule has 0 aliphatic heterocycles. The largest absolute Gasteiger partial charge is 0.369 e. The van der Waals surface area contributed by atoms with Crippen molar-refractivity contribution >= 4 is 64.0 Å². The van der Waals surface area contributed by atoms with Crippen molar-refractivity contribution in [1.29, 1.82) is 0 Å². The predicted molar refractivity (Wildman–Crippen MR) is 103 cm³/mol. The van der Waals surface area contributed by atoms with Crippen LogP contribution in [0.2, 0.25) is 10.2 Å². The Morgan fingerprint density at radius 2 is 1.79 bits per heavy atom. The summed E-state index contributed by atoms with van der Waals surface area (Å²) in [4.78, 5) is 12.3. The Kier molecular flexibility index (Phi) is 5.83. The molecular weight excluding hydrogens is 369 g/mol. The highest BCUT2D eigenvalue weighted by molar-refractivity contribution is 6.36. The first-order valence-corrected chi connectivity index (χ1v) is 7.58. The molecule has 0 bridgehead atoms. The minimum Gasteiger partial charge on any atom is -0.369 e. The van der Waals surface area contributed by atoms with Crippen LogP contribution in [0.5, 0.6) is 0 Å². The molecular formula is C16H14Cl3N5. The van der Waals surface area contributed by atoms with Gasteiger partial charge in [0.05, 0.1) is 0 Å². The van der Waals surface area contributed by atoms with Gasteiger partial charge in [0, 0.05) is 27.2 Å². The predicted octanol–water partition coefficient (Wildman–Crippen LogP) is 4.73. The fraction of sp³-hybridized carbons (Fsp3) is 0.0625. The van der Waals surface area contributed by atoms with Crippen molar-refractivity contribution < 1.29 is 0 Å². The SMILES string of the molecule is Cc1cc(Cl)nc(/N=C(\N)Nc2ccc(Cl)c3ccccc23)n1.Cl. The van der Waals surface area contributed by atoms with Crippen LogP contribution in [0.15, 0.2) is 47.5 Å². The first-order chi connectivity index (χ1) is 11.0. The Labute approximate surface area is 155 Å². The van der Waals surface area contributed by atoms with Crippen LogP contribution in [-0.4, -0.2) is 15.9 Å². The highest BCUT2D eigenvalue weighted by atomic mass is 35.5. The lowest BCUT2D eigenvalue weighted by molar-refractivity contribution is 1.08. The molecule has 2 aromatic carbocycles. The number of guanidine groups is 1. The van der Waals surface area contributed by atoms with Crippen LogP contribution in [0.25, 0.3) is 10.8 Å². The van der Waals surface area contributed by atoms with Crippen molar-refractivity contribution in [2.75, 3.05) is 5.32 Å². The third-order valence-corrected chi connectivity index (χ3v) is 3.69. The van der Waals surface area contributed by atoms with E-state index >= 15 is 0 Å². The molecule has 124 valence electrons. The molecule has 1 aromatic heterocycles. The smallest absolute Gasteiger partial charge is 0.254 e. The second kappa shape index (κ2) is 7.66. The maximum atomic E-state index is 6.21. The average molecular weight is 383 g/mol. The molecule has 0 unspecified atom stereocenters. The van der Waals surface area contributed by atoms with Crippen LogP contribution < -0.4 is 11.1 Å². The molecule has 0 saturated carbocycles. The van der Waals surface area contributed by atoms with Crippen LogP contribution in [-0.2, 0) is 0 Å². The van der Waals surface area contributed by atoms with E-state index in [1.165, 1.54) is 0 Å². The number of hydrogen-bond donors (Lipinski definition) is 2. The number of halogens is 3. The van der Waals surface area contributed by atoms with Crippen LogP contribution >= 0.6 is 35.6 Å². The molecule has 3 aromatic rings. The van der Waals surface area contributed by atoms with Gasteiger partial charge in [-0.3, -0.25) is 0 Å². The summed E-state index contributed by atoms with van der Waals surface area (Å²) in [6, 6.07) is 13.1. The highest BCUT2D eigenvalue weighted by Crippen LogP contribution is 2.29. The molecule has 0 amide bonds. The number of aliphatic imine (C=N–C) groups is 1. The number of anilines is 1. The molecule has 0 atom stereocenters. The fourth-order valence-corrected chi connectivity index (χ4v) is 2.67. The zero-order valence-electron chi connectivity index (χ0n) is 12.6. The summed E-state index contributed by atoms with van der Waals surface area (Å²) in [5.74, 6) is 0.373. The Morgan fingerprint density at radius 1 is 1.08 bits per heavy atom. The maximum absolute atomic E-state index is 6.21. The van der Waals surface area contributed by atoms with Gasteiger partial charge in [-0.1, -0.05) is 47.5 Å².